The summed E-state index contributed by atoms with van der Waals surface area (Å²) >= 11 is 0. The van der Waals surface area contributed by atoms with Crippen LogP contribution in [0, 0.1) is 0 Å². The van der Waals surface area contributed by atoms with Gasteiger partial charge in [-0.05, 0) is 5.56 Å². The fourth-order valence-corrected chi connectivity index (χ4v) is 1.94. The van der Waals surface area contributed by atoms with E-state index in [1.54, 1.807) is 0 Å². The molecule has 0 spiro atoms. The Morgan fingerprint density at radius 1 is 1.38 bits per heavy atom. The molecular weight excluding hydrogens is 182 g/mol. The van der Waals surface area contributed by atoms with Crippen LogP contribution in [0.1, 0.15) is 18.5 Å². The highest BCUT2D eigenvalue weighted by atomic mass is 32.2. The summed E-state index contributed by atoms with van der Waals surface area (Å²) in [5.74, 6) is 1.24. The van der Waals surface area contributed by atoms with E-state index in [0.29, 0.717) is 11.5 Å². The molecule has 0 bridgehead atoms. The molecule has 0 fully saturated rings. The van der Waals surface area contributed by atoms with Crippen molar-refractivity contribution >= 4 is 10.8 Å². The molecule has 13 heavy (non-hydrogen) atoms. The van der Waals surface area contributed by atoms with Crippen molar-refractivity contribution in [3.8, 4) is 0 Å². The highest BCUT2D eigenvalue weighted by Gasteiger charge is 2.07. The zero-order valence-corrected chi connectivity index (χ0v) is 8.59. The third-order valence-corrected chi connectivity index (χ3v) is 3.29. The molecule has 0 aromatic heterocycles. The molecule has 1 aromatic rings. The second kappa shape index (κ2) is 5.14. The summed E-state index contributed by atoms with van der Waals surface area (Å²) in [5.41, 5.74) is 6.94. The highest BCUT2D eigenvalue weighted by molar-refractivity contribution is 7.84. The van der Waals surface area contributed by atoms with Crippen LogP contribution in [-0.2, 0) is 10.8 Å². The molecule has 0 aliphatic rings. The van der Waals surface area contributed by atoms with Crippen molar-refractivity contribution in [3.05, 3.63) is 35.9 Å². The molecule has 2 unspecified atom stereocenters. The predicted octanol–water partition coefficient (Wildman–Crippen LogP) is 1.46. The average molecular weight is 197 g/mol. The number of benzene rings is 1. The predicted molar refractivity (Wildman–Crippen MR) is 56.9 cm³/mol. The number of nitrogens with two attached hydrogens (primary N) is 1. The van der Waals surface area contributed by atoms with Crippen molar-refractivity contribution in [1.29, 1.82) is 0 Å². The maximum Gasteiger partial charge on any atom is 0.0428 e. The Morgan fingerprint density at radius 3 is 2.54 bits per heavy atom. The second-order valence-corrected chi connectivity index (χ2v) is 4.70. The number of hydrogen-bond acceptors (Lipinski definition) is 2. The maximum absolute atomic E-state index is 11.2. The third-order valence-electron chi connectivity index (χ3n) is 1.92. The van der Waals surface area contributed by atoms with E-state index in [2.05, 4.69) is 0 Å². The van der Waals surface area contributed by atoms with Crippen LogP contribution in [0.15, 0.2) is 30.3 Å². The summed E-state index contributed by atoms with van der Waals surface area (Å²) in [4.78, 5) is 0. The molecular formula is C10H15NOS. The first-order valence-corrected chi connectivity index (χ1v) is 5.88. The van der Waals surface area contributed by atoms with Crippen molar-refractivity contribution in [2.24, 2.45) is 5.73 Å². The first kappa shape index (κ1) is 10.4. The van der Waals surface area contributed by atoms with Crippen LogP contribution in [0.4, 0.5) is 0 Å². The van der Waals surface area contributed by atoms with E-state index >= 15 is 0 Å². The molecule has 1 aromatic carbocycles. The van der Waals surface area contributed by atoms with E-state index < -0.39 is 10.8 Å². The minimum Gasteiger partial charge on any atom is -0.323 e. The molecule has 1 rings (SSSR count). The third kappa shape index (κ3) is 3.28. The zero-order chi connectivity index (χ0) is 9.68. The van der Waals surface area contributed by atoms with Crippen LogP contribution in [0.2, 0.25) is 0 Å². The Labute approximate surface area is 81.6 Å². The van der Waals surface area contributed by atoms with Crippen LogP contribution in [0.25, 0.3) is 0 Å². The number of hydrogen-bond donors (Lipinski definition) is 1. The van der Waals surface area contributed by atoms with Crippen LogP contribution >= 0.6 is 0 Å². The van der Waals surface area contributed by atoms with Crippen molar-refractivity contribution in [1.82, 2.24) is 0 Å². The highest BCUT2D eigenvalue weighted by Crippen LogP contribution is 2.10. The van der Waals surface area contributed by atoms with Gasteiger partial charge >= 0.3 is 0 Å². The van der Waals surface area contributed by atoms with Gasteiger partial charge in [0, 0.05) is 28.3 Å². The van der Waals surface area contributed by atoms with Gasteiger partial charge in [-0.1, -0.05) is 37.3 Å². The summed E-state index contributed by atoms with van der Waals surface area (Å²) in [6, 6.07) is 9.69. The lowest BCUT2D eigenvalue weighted by molar-refractivity contribution is 0.676. The maximum atomic E-state index is 11.2. The van der Waals surface area contributed by atoms with Gasteiger partial charge in [0.05, 0.1) is 0 Å². The first-order valence-electron chi connectivity index (χ1n) is 4.39. The van der Waals surface area contributed by atoms with E-state index in [0.717, 1.165) is 5.56 Å². The van der Waals surface area contributed by atoms with E-state index in [4.69, 9.17) is 5.73 Å². The largest absolute Gasteiger partial charge is 0.323 e. The molecule has 72 valence electrons. The molecule has 3 heteroatoms. The molecule has 0 radical (unpaired) electrons. The van der Waals surface area contributed by atoms with E-state index in [-0.39, 0.29) is 6.04 Å². The molecule has 0 saturated carbocycles. The average Bonchev–Trinajstić information content (AvgIpc) is 2.19. The standard InChI is InChI=1S/C10H15NOS/c1-2-13(12)8-10(11)9-6-4-3-5-7-9/h3-7,10H,2,8,11H2,1H3. The van der Waals surface area contributed by atoms with Crippen molar-refractivity contribution < 1.29 is 4.21 Å². The van der Waals surface area contributed by atoms with E-state index in [1.807, 2.05) is 37.3 Å². The minimum absolute atomic E-state index is 0.0954. The van der Waals surface area contributed by atoms with E-state index in [9.17, 15) is 4.21 Å². The molecule has 0 amide bonds. The summed E-state index contributed by atoms with van der Waals surface area (Å²) < 4.78 is 11.2. The van der Waals surface area contributed by atoms with Crippen LogP contribution in [0.3, 0.4) is 0 Å². The van der Waals surface area contributed by atoms with E-state index in [1.165, 1.54) is 0 Å². The lowest BCUT2D eigenvalue weighted by Gasteiger charge is -2.10. The van der Waals surface area contributed by atoms with Crippen molar-refractivity contribution in [2.75, 3.05) is 11.5 Å². The normalized spacial score (nSPS) is 15.2. The summed E-state index contributed by atoms with van der Waals surface area (Å²) in [6.07, 6.45) is 0. The molecule has 0 heterocycles. The SMILES string of the molecule is CCS(=O)CC(N)c1ccccc1. The van der Waals surface area contributed by atoms with Gasteiger partial charge in [0.15, 0.2) is 0 Å². The van der Waals surface area contributed by atoms with Gasteiger partial charge in [-0.15, -0.1) is 0 Å². The zero-order valence-electron chi connectivity index (χ0n) is 7.77. The fraction of sp³-hybridized carbons (Fsp3) is 0.400. The smallest absolute Gasteiger partial charge is 0.0428 e. The van der Waals surface area contributed by atoms with Crippen LogP contribution in [0.5, 0.6) is 0 Å². The molecule has 0 aliphatic carbocycles. The molecule has 0 aliphatic heterocycles. The lowest BCUT2D eigenvalue weighted by atomic mass is 10.1. The summed E-state index contributed by atoms with van der Waals surface area (Å²) in [7, 11) is -0.783. The Kier molecular flexibility index (Phi) is 4.12. The first-order chi connectivity index (χ1) is 6.24. The van der Waals surface area contributed by atoms with Crippen molar-refractivity contribution in [2.45, 2.75) is 13.0 Å². The number of rotatable bonds is 4. The Bertz CT molecular complexity index is 274. The molecule has 2 N–H and O–H groups in total. The monoisotopic (exact) mass is 197 g/mol. The molecule has 0 saturated heterocycles. The second-order valence-electron chi connectivity index (χ2n) is 2.91. The van der Waals surface area contributed by atoms with Gasteiger partial charge in [0.2, 0.25) is 0 Å². The Balaban J connectivity index is 2.59. The molecule has 2 nitrogen and oxygen atoms in total. The summed E-state index contributed by atoms with van der Waals surface area (Å²) in [5, 5.41) is 0. The van der Waals surface area contributed by atoms with Crippen molar-refractivity contribution in [3.63, 3.8) is 0 Å². The molecule has 2 atom stereocenters. The van der Waals surface area contributed by atoms with Gasteiger partial charge < -0.3 is 5.73 Å². The summed E-state index contributed by atoms with van der Waals surface area (Å²) in [6.45, 7) is 1.91. The van der Waals surface area contributed by atoms with Gasteiger partial charge in [0.1, 0.15) is 0 Å². The van der Waals surface area contributed by atoms with Crippen LogP contribution in [-0.4, -0.2) is 15.7 Å². The topological polar surface area (TPSA) is 43.1 Å². The fourth-order valence-electron chi connectivity index (χ4n) is 1.11. The van der Waals surface area contributed by atoms with Gasteiger partial charge in [0.25, 0.3) is 0 Å². The minimum atomic E-state index is -0.783. The quantitative estimate of drug-likeness (QED) is 0.794. The lowest BCUT2D eigenvalue weighted by Crippen LogP contribution is -2.18. The van der Waals surface area contributed by atoms with Crippen LogP contribution < -0.4 is 5.73 Å². The van der Waals surface area contributed by atoms with Gasteiger partial charge in [-0.3, -0.25) is 4.21 Å². The Morgan fingerprint density at radius 2 is 2.00 bits per heavy atom. The van der Waals surface area contributed by atoms with Gasteiger partial charge in [-0.25, -0.2) is 0 Å². The Hall–Kier alpha value is -0.670. The van der Waals surface area contributed by atoms with Gasteiger partial charge in [-0.2, -0.15) is 0 Å².